The van der Waals surface area contributed by atoms with Gasteiger partial charge >= 0.3 is 6.01 Å². The van der Waals surface area contributed by atoms with E-state index in [1.54, 1.807) is 12.4 Å². The Morgan fingerprint density at radius 1 is 1.17 bits per heavy atom. The van der Waals surface area contributed by atoms with Gasteiger partial charge in [-0.25, -0.2) is 9.97 Å². The molecule has 2 aromatic rings. The molecule has 0 bridgehead atoms. The van der Waals surface area contributed by atoms with Crippen molar-refractivity contribution in [3.63, 3.8) is 0 Å². The van der Waals surface area contributed by atoms with E-state index in [-0.39, 0.29) is 11.9 Å². The summed E-state index contributed by atoms with van der Waals surface area (Å²) in [5.41, 5.74) is 1.06. The number of carbonyl (C=O) groups excluding carboxylic acids is 1. The zero-order valence-corrected chi connectivity index (χ0v) is 13.6. The van der Waals surface area contributed by atoms with Crippen LogP contribution in [0, 0.1) is 0 Å². The lowest BCUT2D eigenvalue weighted by Gasteiger charge is -2.28. The lowest BCUT2D eigenvalue weighted by Crippen LogP contribution is -2.38. The summed E-state index contributed by atoms with van der Waals surface area (Å²) < 4.78 is 4.93. The highest BCUT2D eigenvalue weighted by Gasteiger charge is 2.42. The molecule has 1 heterocycles. The summed E-state index contributed by atoms with van der Waals surface area (Å²) in [5, 5.41) is 3.61. The number of rotatable bonds is 4. The van der Waals surface area contributed by atoms with Crippen LogP contribution in [-0.2, 0) is 10.2 Å². The normalized spacial score (nSPS) is 16.1. The molecule has 1 aliphatic rings. The Labute approximate surface area is 140 Å². The minimum atomic E-state index is -0.509. The van der Waals surface area contributed by atoms with Crippen LogP contribution in [0.3, 0.4) is 0 Å². The molecule has 0 radical (unpaired) electrons. The number of nitrogens with zero attached hydrogens (tertiary/aromatic N) is 2. The van der Waals surface area contributed by atoms with Crippen molar-refractivity contribution in [2.75, 3.05) is 12.4 Å². The Kier molecular flexibility index (Phi) is 4.48. The Morgan fingerprint density at radius 2 is 1.78 bits per heavy atom. The number of aromatic nitrogens is 2. The van der Waals surface area contributed by atoms with Gasteiger partial charge in [-0.1, -0.05) is 36.6 Å². The quantitative estimate of drug-likeness (QED) is 0.929. The Balaban J connectivity index is 1.85. The first-order chi connectivity index (χ1) is 11.1. The number of anilines is 1. The Hall–Kier alpha value is -2.14. The minimum Gasteiger partial charge on any atom is -0.467 e. The smallest absolute Gasteiger partial charge is 0.316 e. The second-order valence-corrected chi connectivity index (χ2v) is 6.15. The number of hydrogen-bond acceptors (Lipinski definition) is 4. The predicted octanol–water partition coefficient (Wildman–Crippen LogP) is 3.59. The highest BCUT2D eigenvalue weighted by atomic mass is 35.5. The van der Waals surface area contributed by atoms with Crippen LogP contribution in [0.15, 0.2) is 36.7 Å². The third-order valence-corrected chi connectivity index (χ3v) is 4.61. The number of ether oxygens (including phenoxy) is 1. The zero-order chi connectivity index (χ0) is 16.3. The summed E-state index contributed by atoms with van der Waals surface area (Å²) in [5.74, 6) is -0.0221. The van der Waals surface area contributed by atoms with Crippen LogP contribution in [0.25, 0.3) is 0 Å². The third kappa shape index (κ3) is 3.15. The zero-order valence-electron chi connectivity index (χ0n) is 12.9. The minimum absolute atomic E-state index is 0.0221. The fourth-order valence-corrected chi connectivity index (χ4v) is 3.26. The first-order valence-electron chi connectivity index (χ1n) is 7.57. The molecule has 23 heavy (non-hydrogen) atoms. The molecule has 0 unspecified atom stereocenters. The number of halogens is 1. The molecule has 1 aliphatic carbocycles. The summed E-state index contributed by atoms with van der Waals surface area (Å²) in [6.45, 7) is 0. The van der Waals surface area contributed by atoms with Gasteiger partial charge in [-0.2, -0.15) is 0 Å². The predicted molar refractivity (Wildman–Crippen MR) is 88.8 cm³/mol. The Bertz CT molecular complexity index is 680. The van der Waals surface area contributed by atoms with Crippen molar-refractivity contribution in [3.05, 3.63) is 47.2 Å². The van der Waals surface area contributed by atoms with Crippen molar-refractivity contribution in [1.29, 1.82) is 0 Å². The molecule has 0 saturated heterocycles. The Morgan fingerprint density at radius 3 is 2.35 bits per heavy atom. The average Bonchev–Trinajstić information content (AvgIpc) is 3.07. The highest BCUT2D eigenvalue weighted by Crippen LogP contribution is 2.42. The molecular weight excluding hydrogens is 314 g/mol. The summed E-state index contributed by atoms with van der Waals surface area (Å²) in [6, 6.07) is 7.83. The molecule has 5 nitrogen and oxygen atoms in total. The summed E-state index contributed by atoms with van der Waals surface area (Å²) >= 11 is 5.97. The van der Waals surface area contributed by atoms with Crippen molar-refractivity contribution >= 4 is 23.2 Å². The van der Waals surface area contributed by atoms with E-state index in [2.05, 4.69) is 15.3 Å². The van der Waals surface area contributed by atoms with Crippen molar-refractivity contribution in [2.45, 2.75) is 31.1 Å². The molecule has 120 valence electrons. The van der Waals surface area contributed by atoms with Gasteiger partial charge in [0, 0.05) is 5.02 Å². The maximum absolute atomic E-state index is 12.9. The fourth-order valence-electron chi connectivity index (χ4n) is 3.13. The first kappa shape index (κ1) is 15.7. The highest BCUT2D eigenvalue weighted by molar-refractivity contribution is 6.30. The van der Waals surface area contributed by atoms with Crippen molar-refractivity contribution < 1.29 is 9.53 Å². The van der Waals surface area contributed by atoms with E-state index in [1.807, 2.05) is 24.3 Å². The van der Waals surface area contributed by atoms with Crippen LogP contribution < -0.4 is 10.1 Å². The third-order valence-electron chi connectivity index (χ3n) is 4.36. The fraction of sp³-hybridized carbons (Fsp3) is 0.353. The molecule has 0 spiro atoms. The standard InChI is InChI=1S/C17H18ClN3O2/c1-23-16-19-10-14(11-20-16)21-15(22)17(8-2-3-9-17)12-4-6-13(18)7-5-12/h4-7,10-11H,2-3,8-9H2,1H3,(H,21,22). The van der Waals surface area contributed by atoms with E-state index in [4.69, 9.17) is 16.3 Å². The summed E-state index contributed by atoms with van der Waals surface area (Å²) in [4.78, 5) is 21.0. The molecule has 0 atom stereocenters. The van der Waals surface area contributed by atoms with Crippen molar-refractivity contribution in [3.8, 4) is 6.01 Å². The molecule has 1 N–H and O–H groups in total. The van der Waals surface area contributed by atoms with E-state index in [9.17, 15) is 4.79 Å². The maximum Gasteiger partial charge on any atom is 0.316 e. The average molecular weight is 332 g/mol. The monoisotopic (exact) mass is 331 g/mol. The van der Waals surface area contributed by atoms with Gasteiger partial charge in [-0.15, -0.1) is 0 Å². The first-order valence-corrected chi connectivity index (χ1v) is 7.95. The lowest BCUT2D eigenvalue weighted by atomic mass is 9.78. The SMILES string of the molecule is COc1ncc(NC(=O)C2(c3ccc(Cl)cc3)CCCC2)cn1. The van der Waals surface area contributed by atoms with E-state index in [0.717, 1.165) is 31.2 Å². The van der Waals surface area contributed by atoms with Gasteiger partial charge in [0.05, 0.1) is 30.6 Å². The summed E-state index contributed by atoms with van der Waals surface area (Å²) in [7, 11) is 1.50. The van der Waals surface area contributed by atoms with Gasteiger partial charge in [0.25, 0.3) is 0 Å². The second-order valence-electron chi connectivity index (χ2n) is 5.71. The number of nitrogens with one attached hydrogen (secondary N) is 1. The van der Waals surface area contributed by atoms with Crippen molar-refractivity contribution in [1.82, 2.24) is 9.97 Å². The number of amides is 1. The topological polar surface area (TPSA) is 64.1 Å². The van der Waals surface area contributed by atoms with Gasteiger partial charge in [0.15, 0.2) is 0 Å². The van der Waals surface area contributed by atoms with Crippen LogP contribution in [0.4, 0.5) is 5.69 Å². The van der Waals surface area contributed by atoms with E-state index < -0.39 is 5.41 Å². The van der Waals surface area contributed by atoms with E-state index in [1.165, 1.54) is 7.11 Å². The van der Waals surface area contributed by atoms with Gasteiger partial charge in [-0.3, -0.25) is 4.79 Å². The molecule has 3 rings (SSSR count). The van der Waals surface area contributed by atoms with E-state index in [0.29, 0.717) is 10.7 Å². The van der Waals surface area contributed by atoms with Crippen LogP contribution in [-0.4, -0.2) is 23.0 Å². The molecule has 6 heteroatoms. The number of hydrogen-bond donors (Lipinski definition) is 1. The van der Waals surface area contributed by atoms with Gasteiger partial charge in [-0.05, 0) is 30.5 Å². The van der Waals surface area contributed by atoms with Crippen LogP contribution in [0.1, 0.15) is 31.2 Å². The summed E-state index contributed by atoms with van der Waals surface area (Å²) in [6.07, 6.45) is 6.84. The molecule has 1 amide bonds. The number of methoxy groups -OCH3 is 1. The molecule has 1 aromatic carbocycles. The molecule has 1 fully saturated rings. The van der Waals surface area contributed by atoms with Crippen LogP contribution in [0.2, 0.25) is 5.02 Å². The van der Waals surface area contributed by atoms with Crippen LogP contribution >= 0.6 is 11.6 Å². The molecular formula is C17H18ClN3O2. The van der Waals surface area contributed by atoms with Crippen LogP contribution in [0.5, 0.6) is 6.01 Å². The largest absolute Gasteiger partial charge is 0.467 e. The van der Waals surface area contributed by atoms with Gasteiger partial charge < -0.3 is 10.1 Å². The number of carbonyl (C=O) groups is 1. The molecule has 1 saturated carbocycles. The van der Waals surface area contributed by atoms with Crippen molar-refractivity contribution in [2.24, 2.45) is 0 Å². The second kappa shape index (κ2) is 6.54. The lowest BCUT2D eigenvalue weighted by molar-refractivity contribution is -0.121. The molecule has 0 aliphatic heterocycles. The maximum atomic E-state index is 12.9. The van der Waals surface area contributed by atoms with E-state index >= 15 is 0 Å². The number of benzene rings is 1. The molecule has 1 aromatic heterocycles. The van der Waals surface area contributed by atoms with Gasteiger partial charge in [0.1, 0.15) is 0 Å². The van der Waals surface area contributed by atoms with Gasteiger partial charge in [0.2, 0.25) is 5.91 Å².